The summed E-state index contributed by atoms with van der Waals surface area (Å²) in [6.07, 6.45) is 1.13. The van der Waals surface area contributed by atoms with Crippen LogP contribution in [-0.4, -0.2) is 14.7 Å². The minimum Gasteiger partial charge on any atom is -0.213 e. The van der Waals surface area contributed by atoms with Crippen LogP contribution in [-0.2, 0) is 10.0 Å². The van der Waals surface area contributed by atoms with E-state index in [1.807, 2.05) is 6.07 Å². The molecule has 0 radical (unpaired) electrons. The highest BCUT2D eigenvalue weighted by Crippen LogP contribution is 2.22. The van der Waals surface area contributed by atoms with Gasteiger partial charge in [0, 0.05) is 11.1 Å². The molecule has 14 heavy (non-hydrogen) atoms. The molecule has 1 rings (SSSR count). The van der Waals surface area contributed by atoms with Crippen molar-refractivity contribution in [2.75, 3.05) is 6.26 Å². The van der Waals surface area contributed by atoms with E-state index in [0.29, 0.717) is 5.02 Å². The Hall–Kier alpha value is -0.580. The fraction of sp³-hybridized carbons (Fsp3) is 0.333. The van der Waals surface area contributed by atoms with Crippen molar-refractivity contribution in [1.82, 2.24) is 4.72 Å². The van der Waals surface area contributed by atoms with Gasteiger partial charge in [0.1, 0.15) is 0 Å². The summed E-state index contributed by atoms with van der Waals surface area (Å²) in [5, 5.41) is 0.566. The van der Waals surface area contributed by atoms with Gasteiger partial charge in [-0.15, -0.1) is 0 Å². The lowest BCUT2D eigenvalue weighted by Gasteiger charge is -2.13. The highest BCUT2D eigenvalue weighted by atomic mass is 35.5. The summed E-state index contributed by atoms with van der Waals surface area (Å²) < 4.78 is 24.4. The Morgan fingerprint density at radius 3 is 2.43 bits per heavy atom. The molecule has 0 heterocycles. The van der Waals surface area contributed by atoms with Gasteiger partial charge in [-0.2, -0.15) is 0 Å². The van der Waals surface area contributed by atoms with E-state index < -0.39 is 10.0 Å². The van der Waals surface area contributed by atoms with Crippen molar-refractivity contribution in [2.45, 2.75) is 13.0 Å². The quantitative estimate of drug-likeness (QED) is 0.868. The predicted octanol–water partition coefficient (Wildman–Crippen LogP) is 1.95. The molecule has 0 aliphatic heterocycles. The number of hydrogen-bond donors (Lipinski definition) is 1. The lowest BCUT2D eigenvalue weighted by atomic mass is 10.1. The maximum atomic E-state index is 11.0. The van der Waals surface area contributed by atoms with Crippen LogP contribution in [0.5, 0.6) is 0 Å². The molecule has 78 valence electrons. The van der Waals surface area contributed by atoms with E-state index >= 15 is 0 Å². The predicted molar refractivity (Wildman–Crippen MR) is 57.8 cm³/mol. The van der Waals surface area contributed by atoms with Gasteiger partial charge in [-0.3, -0.25) is 0 Å². The number of sulfonamides is 1. The molecule has 5 heteroatoms. The Labute approximate surface area is 89.1 Å². The average molecular weight is 234 g/mol. The Bertz CT molecular complexity index is 417. The molecule has 0 amide bonds. The lowest BCUT2D eigenvalue weighted by Crippen LogP contribution is -2.25. The summed E-state index contributed by atoms with van der Waals surface area (Å²) in [5.74, 6) is 0. The molecule has 1 aromatic rings. The topological polar surface area (TPSA) is 46.2 Å². The minimum atomic E-state index is -3.20. The zero-order valence-corrected chi connectivity index (χ0v) is 9.56. The van der Waals surface area contributed by atoms with Gasteiger partial charge in [-0.05, 0) is 18.6 Å². The van der Waals surface area contributed by atoms with Crippen LogP contribution in [0.2, 0.25) is 5.02 Å². The highest BCUT2D eigenvalue weighted by molar-refractivity contribution is 7.88. The molecule has 0 aliphatic carbocycles. The molecular weight excluding hydrogens is 222 g/mol. The summed E-state index contributed by atoms with van der Waals surface area (Å²) in [7, 11) is -3.20. The molecule has 0 unspecified atom stereocenters. The van der Waals surface area contributed by atoms with Crippen LogP contribution in [0.3, 0.4) is 0 Å². The fourth-order valence-electron chi connectivity index (χ4n) is 1.21. The Morgan fingerprint density at radius 2 is 1.93 bits per heavy atom. The monoisotopic (exact) mass is 233 g/mol. The van der Waals surface area contributed by atoms with Gasteiger partial charge >= 0.3 is 0 Å². The van der Waals surface area contributed by atoms with E-state index in [1.54, 1.807) is 25.1 Å². The van der Waals surface area contributed by atoms with Crippen LogP contribution in [0.15, 0.2) is 24.3 Å². The van der Waals surface area contributed by atoms with E-state index in [9.17, 15) is 8.42 Å². The molecule has 0 spiro atoms. The van der Waals surface area contributed by atoms with Crippen molar-refractivity contribution in [3.63, 3.8) is 0 Å². The van der Waals surface area contributed by atoms with Crippen LogP contribution in [0, 0.1) is 0 Å². The van der Waals surface area contributed by atoms with Gasteiger partial charge in [0.25, 0.3) is 0 Å². The summed E-state index contributed by atoms with van der Waals surface area (Å²) in [6.45, 7) is 1.75. The second-order valence-electron chi connectivity index (χ2n) is 3.13. The van der Waals surface area contributed by atoms with Gasteiger partial charge in [0.15, 0.2) is 0 Å². The van der Waals surface area contributed by atoms with Crippen LogP contribution >= 0.6 is 11.6 Å². The standard InChI is InChI=1S/C9H12ClNO2S/c1-7(11-14(2,12)13)8-5-3-4-6-9(8)10/h3-7,11H,1-2H3/t7-/m1/s1. The Kier molecular flexibility index (Phi) is 3.53. The van der Waals surface area contributed by atoms with E-state index in [2.05, 4.69) is 4.72 Å². The normalized spacial score (nSPS) is 13.9. The first-order chi connectivity index (χ1) is 6.40. The molecule has 1 atom stereocenters. The molecular formula is C9H12ClNO2S. The second-order valence-corrected chi connectivity index (χ2v) is 5.32. The third-order valence-corrected chi connectivity index (χ3v) is 2.89. The summed E-state index contributed by atoms with van der Waals surface area (Å²) in [5.41, 5.74) is 0.777. The van der Waals surface area contributed by atoms with E-state index in [0.717, 1.165) is 11.8 Å². The van der Waals surface area contributed by atoms with Gasteiger partial charge in [0.2, 0.25) is 10.0 Å². The Balaban J connectivity index is 2.90. The fourth-order valence-corrected chi connectivity index (χ4v) is 2.28. The largest absolute Gasteiger partial charge is 0.213 e. The molecule has 1 aromatic carbocycles. The number of benzene rings is 1. The third-order valence-electron chi connectivity index (χ3n) is 1.76. The van der Waals surface area contributed by atoms with Gasteiger partial charge in [-0.25, -0.2) is 13.1 Å². The van der Waals surface area contributed by atoms with Crippen LogP contribution in [0.25, 0.3) is 0 Å². The van der Waals surface area contributed by atoms with Crippen molar-refractivity contribution in [3.05, 3.63) is 34.9 Å². The molecule has 3 nitrogen and oxygen atoms in total. The molecule has 0 saturated carbocycles. The van der Waals surface area contributed by atoms with Gasteiger partial charge in [-0.1, -0.05) is 29.8 Å². The number of halogens is 1. The molecule has 0 aliphatic rings. The molecule has 0 bridgehead atoms. The molecule has 0 aromatic heterocycles. The first-order valence-electron chi connectivity index (χ1n) is 4.12. The van der Waals surface area contributed by atoms with Crippen molar-refractivity contribution >= 4 is 21.6 Å². The first kappa shape index (κ1) is 11.5. The van der Waals surface area contributed by atoms with E-state index in [1.165, 1.54) is 0 Å². The number of hydrogen-bond acceptors (Lipinski definition) is 2. The Morgan fingerprint density at radius 1 is 1.36 bits per heavy atom. The summed E-state index contributed by atoms with van der Waals surface area (Å²) in [6, 6.07) is 6.85. The lowest BCUT2D eigenvalue weighted by molar-refractivity contribution is 0.573. The van der Waals surface area contributed by atoms with Crippen LogP contribution in [0.1, 0.15) is 18.5 Å². The van der Waals surface area contributed by atoms with E-state index in [4.69, 9.17) is 11.6 Å². The van der Waals surface area contributed by atoms with Crippen LogP contribution < -0.4 is 4.72 Å². The van der Waals surface area contributed by atoms with Crippen molar-refractivity contribution < 1.29 is 8.42 Å². The van der Waals surface area contributed by atoms with Crippen molar-refractivity contribution in [3.8, 4) is 0 Å². The van der Waals surface area contributed by atoms with Crippen LogP contribution in [0.4, 0.5) is 0 Å². The molecule has 0 fully saturated rings. The zero-order valence-electron chi connectivity index (χ0n) is 7.99. The zero-order chi connectivity index (χ0) is 10.8. The number of rotatable bonds is 3. The molecule has 1 N–H and O–H groups in total. The maximum Gasteiger partial charge on any atom is 0.209 e. The number of nitrogens with one attached hydrogen (secondary N) is 1. The summed E-state index contributed by atoms with van der Waals surface area (Å²) in [4.78, 5) is 0. The van der Waals surface area contributed by atoms with Crippen molar-refractivity contribution in [1.29, 1.82) is 0 Å². The van der Waals surface area contributed by atoms with Crippen molar-refractivity contribution in [2.24, 2.45) is 0 Å². The highest BCUT2D eigenvalue weighted by Gasteiger charge is 2.12. The third kappa shape index (κ3) is 3.29. The average Bonchev–Trinajstić information content (AvgIpc) is 2.01. The maximum absolute atomic E-state index is 11.0. The molecule has 0 saturated heterocycles. The SMILES string of the molecule is C[C@@H](NS(C)(=O)=O)c1ccccc1Cl. The van der Waals surface area contributed by atoms with E-state index in [-0.39, 0.29) is 6.04 Å². The minimum absolute atomic E-state index is 0.307. The second kappa shape index (κ2) is 4.29. The summed E-state index contributed by atoms with van der Waals surface area (Å²) >= 11 is 5.91. The first-order valence-corrected chi connectivity index (χ1v) is 6.39. The van der Waals surface area contributed by atoms with Gasteiger partial charge in [0.05, 0.1) is 6.26 Å². The van der Waals surface area contributed by atoms with Gasteiger partial charge < -0.3 is 0 Å². The smallest absolute Gasteiger partial charge is 0.209 e.